The third kappa shape index (κ3) is 8.61. The molecule has 1 rings (SSSR count). The first-order valence-electron chi connectivity index (χ1n) is 6.99. The summed E-state index contributed by atoms with van der Waals surface area (Å²) in [5.41, 5.74) is 0.847. The Morgan fingerprint density at radius 2 is 1.90 bits per heavy atom. The summed E-state index contributed by atoms with van der Waals surface area (Å²) in [7, 11) is 0. The van der Waals surface area contributed by atoms with Crippen LogP contribution in [-0.2, 0) is 6.42 Å². The number of amides is 1. The SMILES string of the molecule is CCCNCCNC(=O)c1sc(CC(C)C)nc1C.Cl.Cl. The van der Waals surface area contributed by atoms with Crippen LogP contribution in [0.15, 0.2) is 0 Å². The number of rotatable bonds is 8. The summed E-state index contributed by atoms with van der Waals surface area (Å²) >= 11 is 1.52. The smallest absolute Gasteiger partial charge is 0.263 e. The van der Waals surface area contributed by atoms with Gasteiger partial charge in [0.1, 0.15) is 4.88 Å². The maximum Gasteiger partial charge on any atom is 0.263 e. The van der Waals surface area contributed by atoms with E-state index in [9.17, 15) is 4.79 Å². The van der Waals surface area contributed by atoms with E-state index in [0.29, 0.717) is 12.5 Å². The van der Waals surface area contributed by atoms with E-state index in [1.54, 1.807) is 0 Å². The molecule has 21 heavy (non-hydrogen) atoms. The largest absolute Gasteiger partial charge is 0.350 e. The lowest BCUT2D eigenvalue weighted by atomic mass is 10.1. The molecule has 4 nitrogen and oxygen atoms in total. The lowest BCUT2D eigenvalue weighted by Crippen LogP contribution is -2.32. The summed E-state index contributed by atoms with van der Waals surface area (Å²) < 4.78 is 0. The van der Waals surface area contributed by atoms with Crippen LogP contribution in [0.3, 0.4) is 0 Å². The fourth-order valence-electron chi connectivity index (χ4n) is 1.75. The van der Waals surface area contributed by atoms with Crippen molar-refractivity contribution in [3.05, 3.63) is 15.6 Å². The quantitative estimate of drug-likeness (QED) is 0.703. The van der Waals surface area contributed by atoms with Crippen LogP contribution in [0.1, 0.15) is 47.6 Å². The van der Waals surface area contributed by atoms with Crippen molar-refractivity contribution in [3.8, 4) is 0 Å². The zero-order chi connectivity index (χ0) is 14.3. The summed E-state index contributed by atoms with van der Waals surface area (Å²) in [6, 6.07) is 0. The number of hydrogen-bond acceptors (Lipinski definition) is 4. The molecule has 1 aromatic heterocycles. The van der Waals surface area contributed by atoms with Crippen LogP contribution in [-0.4, -0.2) is 30.5 Å². The molecule has 0 bridgehead atoms. The predicted molar refractivity (Wildman–Crippen MR) is 95.4 cm³/mol. The maximum absolute atomic E-state index is 12.0. The van der Waals surface area contributed by atoms with E-state index in [-0.39, 0.29) is 30.7 Å². The highest BCUT2D eigenvalue weighted by Gasteiger charge is 2.15. The van der Waals surface area contributed by atoms with Gasteiger partial charge in [-0.3, -0.25) is 4.79 Å². The molecule has 7 heteroatoms. The summed E-state index contributed by atoms with van der Waals surface area (Å²) in [5, 5.41) is 7.25. The molecule has 2 N–H and O–H groups in total. The number of nitrogens with one attached hydrogen (secondary N) is 2. The van der Waals surface area contributed by atoms with Crippen molar-refractivity contribution in [2.75, 3.05) is 19.6 Å². The van der Waals surface area contributed by atoms with Crippen LogP contribution in [0.4, 0.5) is 0 Å². The van der Waals surface area contributed by atoms with E-state index in [4.69, 9.17) is 0 Å². The Kier molecular flexibility index (Phi) is 13.3. The van der Waals surface area contributed by atoms with Gasteiger partial charge in [0.25, 0.3) is 5.91 Å². The zero-order valence-corrected chi connectivity index (χ0v) is 15.6. The van der Waals surface area contributed by atoms with Crippen LogP contribution in [0, 0.1) is 12.8 Å². The lowest BCUT2D eigenvalue weighted by molar-refractivity contribution is 0.0957. The van der Waals surface area contributed by atoms with Gasteiger partial charge in [-0.15, -0.1) is 36.2 Å². The molecule has 1 aromatic rings. The zero-order valence-electron chi connectivity index (χ0n) is 13.2. The monoisotopic (exact) mass is 355 g/mol. The Morgan fingerprint density at radius 3 is 2.48 bits per heavy atom. The van der Waals surface area contributed by atoms with Crippen LogP contribution < -0.4 is 10.6 Å². The third-order valence-corrected chi connectivity index (χ3v) is 3.82. The minimum atomic E-state index is 0. The van der Waals surface area contributed by atoms with Gasteiger partial charge in [-0.25, -0.2) is 4.98 Å². The number of halogens is 2. The lowest BCUT2D eigenvalue weighted by Gasteiger charge is -2.04. The fraction of sp³-hybridized carbons (Fsp3) is 0.714. The summed E-state index contributed by atoms with van der Waals surface area (Å²) in [6.45, 7) is 10.8. The number of aryl methyl sites for hydroxylation is 1. The highest BCUT2D eigenvalue weighted by Crippen LogP contribution is 2.20. The molecule has 0 fully saturated rings. The van der Waals surface area contributed by atoms with Gasteiger partial charge in [0.05, 0.1) is 10.7 Å². The molecular formula is C14H27Cl2N3OS. The average Bonchev–Trinajstić information content (AvgIpc) is 2.68. The van der Waals surface area contributed by atoms with Gasteiger partial charge in [0, 0.05) is 19.5 Å². The molecule has 0 spiro atoms. The Morgan fingerprint density at radius 1 is 1.24 bits per heavy atom. The van der Waals surface area contributed by atoms with Gasteiger partial charge in [-0.05, 0) is 25.8 Å². The molecule has 1 heterocycles. The second-order valence-electron chi connectivity index (χ2n) is 5.13. The van der Waals surface area contributed by atoms with Crippen LogP contribution in [0.2, 0.25) is 0 Å². The summed E-state index contributed by atoms with van der Waals surface area (Å²) in [4.78, 5) is 17.3. The Labute approximate surface area is 144 Å². The molecule has 0 aliphatic heterocycles. The van der Waals surface area contributed by atoms with Gasteiger partial charge < -0.3 is 10.6 Å². The standard InChI is InChI=1S/C14H25N3OS.2ClH/c1-5-6-15-7-8-16-14(18)13-11(4)17-12(19-13)9-10(2)3;;/h10,15H,5-9H2,1-4H3,(H,16,18);2*1H. The Balaban J connectivity index is 0. The van der Waals surface area contributed by atoms with Gasteiger partial charge in [-0.1, -0.05) is 20.8 Å². The van der Waals surface area contributed by atoms with E-state index in [1.165, 1.54) is 11.3 Å². The predicted octanol–water partition coefficient (Wildman–Crippen LogP) is 3.22. The van der Waals surface area contributed by atoms with Crippen LogP contribution >= 0.6 is 36.2 Å². The minimum Gasteiger partial charge on any atom is -0.350 e. The number of carbonyl (C=O) groups is 1. The molecule has 0 aliphatic rings. The average molecular weight is 356 g/mol. The van der Waals surface area contributed by atoms with Crippen molar-refractivity contribution in [3.63, 3.8) is 0 Å². The molecular weight excluding hydrogens is 329 g/mol. The first kappa shape index (κ1) is 22.9. The molecule has 0 aromatic carbocycles. The molecule has 0 saturated heterocycles. The Bertz CT molecular complexity index is 411. The van der Waals surface area contributed by atoms with Crippen LogP contribution in [0.25, 0.3) is 0 Å². The third-order valence-electron chi connectivity index (χ3n) is 2.64. The van der Waals surface area contributed by atoms with Crippen molar-refractivity contribution >= 4 is 42.1 Å². The number of hydrogen-bond donors (Lipinski definition) is 2. The van der Waals surface area contributed by atoms with Gasteiger partial charge in [0.2, 0.25) is 0 Å². The summed E-state index contributed by atoms with van der Waals surface area (Å²) in [5.74, 6) is 0.572. The van der Waals surface area contributed by atoms with E-state index < -0.39 is 0 Å². The van der Waals surface area contributed by atoms with Gasteiger partial charge in [0.15, 0.2) is 0 Å². The maximum atomic E-state index is 12.0. The number of carbonyl (C=O) groups excluding carboxylic acids is 1. The second-order valence-corrected chi connectivity index (χ2v) is 6.21. The first-order chi connectivity index (χ1) is 9.04. The number of nitrogens with zero attached hydrogens (tertiary/aromatic N) is 1. The molecule has 0 atom stereocenters. The van der Waals surface area contributed by atoms with Crippen molar-refractivity contribution in [1.82, 2.24) is 15.6 Å². The van der Waals surface area contributed by atoms with Crippen molar-refractivity contribution in [2.24, 2.45) is 5.92 Å². The highest BCUT2D eigenvalue weighted by molar-refractivity contribution is 7.13. The second kappa shape index (κ2) is 12.2. The molecule has 0 radical (unpaired) electrons. The first-order valence-corrected chi connectivity index (χ1v) is 7.81. The summed E-state index contributed by atoms with van der Waals surface area (Å²) in [6.07, 6.45) is 2.05. The number of thiazole rings is 1. The number of aromatic nitrogens is 1. The fourth-order valence-corrected chi connectivity index (χ4v) is 2.94. The van der Waals surface area contributed by atoms with E-state index >= 15 is 0 Å². The van der Waals surface area contributed by atoms with Crippen LogP contribution in [0.5, 0.6) is 0 Å². The molecule has 0 saturated carbocycles. The van der Waals surface area contributed by atoms with E-state index in [0.717, 1.165) is 41.5 Å². The molecule has 0 unspecified atom stereocenters. The minimum absolute atomic E-state index is 0. The molecule has 0 aliphatic carbocycles. The topological polar surface area (TPSA) is 54.0 Å². The van der Waals surface area contributed by atoms with Crippen molar-refractivity contribution in [2.45, 2.75) is 40.5 Å². The molecule has 124 valence electrons. The van der Waals surface area contributed by atoms with Gasteiger partial charge >= 0.3 is 0 Å². The van der Waals surface area contributed by atoms with Gasteiger partial charge in [-0.2, -0.15) is 0 Å². The normalized spacial score (nSPS) is 9.95. The Hall–Kier alpha value is -0.360. The molecule has 1 amide bonds. The van der Waals surface area contributed by atoms with E-state index in [1.807, 2.05) is 6.92 Å². The van der Waals surface area contributed by atoms with Crippen molar-refractivity contribution in [1.29, 1.82) is 0 Å². The van der Waals surface area contributed by atoms with Crippen molar-refractivity contribution < 1.29 is 4.79 Å². The highest BCUT2D eigenvalue weighted by atomic mass is 35.5. The van der Waals surface area contributed by atoms with E-state index in [2.05, 4.69) is 36.4 Å².